The fourth-order valence-electron chi connectivity index (χ4n) is 3.17. The predicted octanol–water partition coefficient (Wildman–Crippen LogP) is 3.33. The summed E-state index contributed by atoms with van der Waals surface area (Å²) < 4.78 is 0. The van der Waals surface area contributed by atoms with Crippen molar-refractivity contribution in [3.8, 4) is 0 Å². The average molecular weight is 274 g/mol. The molecule has 1 saturated heterocycles. The Bertz CT molecular complexity index is 355. The Morgan fingerprint density at radius 1 is 1.10 bits per heavy atom. The van der Waals surface area contributed by atoms with E-state index < -0.39 is 0 Å². The molecule has 1 N–H and O–H groups in total. The number of rotatable bonds is 8. The monoisotopic (exact) mass is 274 g/mol. The van der Waals surface area contributed by atoms with Crippen molar-refractivity contribution >= 4 is 0 Å². The van der Waals surface area contributed by atoms with Crippen molar-refractivity contribution in [3.63, 3.8) is 0 Å². The maximum Gasteiger partial charge on any atom is 0.0243 e. The van der Waals surface area contributed by atoms with Gasteiger partial charge in [0.05, 0.1) is 0 Å². The third kappa shape index (κ3) is 4.92. The minimum Gasteiger partial charge on any atom is -0.315 e. The standard InChI is InChI=1S/C18H30N2/c1-16(2)18(20-13-6-7-14-20)15-19-12-8-11-17-9-4-3-5-10-17/h3-5,9-10,16,18-19H,6-8,11-15H2,1-2H3. The van der Waals surface area contributed by atoms with Gasteiger partial charge in [0.1, 0.15) is 0 Å². The average Bonchev–Trinajstić information content (AvgIpc) is 2.97. The summed E-state index contributed by atoms with van der Waals surface area (Å²) in [6.45, 7) is 9.59. The van der Waals surface area contributed by atoms with Gasteiger partial charge >= 0.3 is 0 Å². The van der Waals surface area contributed by atoms with Crippen LogP contribution in [0.1, 0.15) is 38.7 Å². The van der Waals surface area contributed by atoms with Crippen LogP contribution in [0.5, 0.6) is 0 Å². The molecule has 0 amide bonds. The third-order valence-electron chi connectivity index (χ3n) is 4.39. The molecule has 1 aromatic rings. The second-order valence-electron chi connectivity index (χ2n) is 6.35. The zero-order chi connectivity index (χ0) is 14.2. The molecular formula is C18H30N2. The summed E-state index contributed by atoms with van der Waals surface area (Å²) in [6, 6.07) is 11.5. The number of aryl methyl sites for hydroxylation is 1. The molecule has 1 fully saturated rings. The first kappa shape index (κ1) is 15.5. The Kier molecular flexibility index (Phi) is 6.55. The van der Waals surface area contributed by atoms with Gasteiger partial charge in [0, 0.05) is 12.6 Å². The van der Waals surface area contributed by atoms with Crippen LogP contribution in [0, 0.1) is 5.92 Å². The Hall–Kier alpha value is -0.860. The second kappa shape index (κ2) is 8.43. The van der Waals surface area contributed by atoms with E-state index in [4.69, 9.17) is 0 Å². The molecule has 0 saturated carbocycles. The Labute approximate surface area is 124 Å². The van der Waals surface area contributed by atoms with Crippen molar-refractivity contribution in [1.29, 1.82) is 0 Å². The molecule has 1 aliphatic heterocycles. The van der Waals surface area contributed by atoms with Crippen LogP contribution in [-0.4, -0.2) is 37.1 Å². The van der Waals surface area contributed by atoms with Crippen molar-refractivity contribution < 1.29 is 0 Å². The summed E-state index contributed by atoms with van der Waals surface area (Å²) in [5.74, 6) is 0.745. The molecule has 1 atom stereocenters. The van der Waals surface area contributed by atoms with Gasteiger partial charge < -0.3 is 5.32 Å². The van der Waals surface area contributed by atoms with Gasteiger partial charge in [0.2, 0.25) is 0 Å². The lowest BCUT2D eigenvalue weighted by Gasteiger charge is -2.31. The van der Waals surface area contributed by atoms with Gasteiger partial charge in [-0.2, -0.15) is 0 Å². The van der Waals surface area contributed by atoms with Gasteiger partial charge in [-0.05, 0) is 56.8 Å². The van der Waals surface area contributed by atoms with Crippen molar-refractivity contribution in [2.24, 2.45) is 5.92 Å². The van der Waals surface area contributed by atoms with Crippen LogP contribution in [-0.2, 0) is 6.42 Å². The van der Waals surface area contributed by atoms with E-state index in [0.717, 1.165) is 19.0 Å². The molecule has 112 valence electrons. The number of hydrogen-bond acceptors (Lipinski definition) is 2. The first-order chi connectivity index (χ1) is 9.77. The lowest BCUT2D eigenvalue weighted by Crippen LogP contribution is -2.44. The number of hydrogen-bond donors (Lipinski definition) is 1. The van der Waals surface area contributed by atoms with Gasteiger partial charge in [-0.3, -0.25) is 4.90 Å². The molecular weight excluding hydrogens is 244 g/mol. The lowest BCUT2D eigenvalue weighted by atomic mass is 10.0. The summed E-state index contributed by atoms with van der Waals surface area (Å²) in [7, 11) is 0. The van der Waals surface area contributed by atoms with Crippen LogP contribution in [0.15, 0.2) is 30.3 Å². The van der Waals surface area contributed by atoms with Gasteiger partial charge in [-0.1, -0.05) is 44.2 Å². The number of likely N-dealkylation sites (tertiary alicyclic amines) is 1. The maximum atomic E-state index is 3.67. The molecule has 0 bridgehead atoms. The van der Waals surface area contributed by atoms with E-state index in [1.165, 1.54) is 44.3 Å². The molecule has 0 spiro atoms. The minimum atomic E-state index is 0.717. The Balaban J connectivity index is 1.63. The molecule has 0 aromatic heterocycles. The van der Waals surface area contributed by atoms with Crippen LogP contribution >= 0.6 is 0 Å². The Morgan fingerprint density at radius 2 is 1.80 bits per heavy atom. The number of benzene rings is 1. The van der Waals surface area contributed by atoms with Crippen LogP contribution in [0.4, 0.5) is 0 Å². The first-order valence-corrected chi connectivity index (χ1v) is 8.26. The van der Waals surface area contributed by atoms with E-state index in [0.29, 0.717) is 6.04 Å². The lowest BCUT2D eigenvalue weighted by molar-refractivity contribution is 0.186. The number of nitrogens with one attached hydrogen (secondary N) is 1. The van der Waals surface area contributed by atoms with Crippen molar-refractivity contribution in [1.82, 2.24) is 10.2 Å². The topological polar surface area (TPSA) is 15.3 Å². The molecule has 2 nitrogen and oxygen atoms in total. The summed E-state index contributed by atoms with van der Waals surface area (Å²) >= 11 is 0. The molecule has 2 rings (SSSR count). The molecule has 20 heavy (non-hydrogen) atoms. The molecule has 1 aromatic carbocycles. The van der Waals surface area contributed by atoms with Crippen LogP contribution in [0.2, 0.25) is 0 Å². The van der Waals surface area contributed by atoms with Crippen LogP contribution in [0.25, 0.3) is 0 Å². The predicted molar refractivity (Wildman–Crippen MR) is 87.1 cm³/mol. The molecule has 2 heteroatoms. The van der Waals surface area contributed by atoms with Gasteiger partial charge in [-0.15, -0.1) is 0 Å². The van der Waals surface area contributed by atoms with Crippen molar-refractivity contribution in [2.75, 3.05) is 26.2 Å². The van der Waals surface area contributed by atoms with Gasteiger partial charge in [0.25, 0.3) is 0 Å². The largest absolute Gasteiger partial charge is 0.315 e. The number of nitrogens with zero attached hydrogens (tertiary/aromatic N) is 1. The molecule has 0 aliphatic carbocycles. The summed E-state index contributed by atoms with van der Waals surface area (Å²) in [5.41, 5.74) is 1.45. The fraction of sp³-hybridized carbons (Fsp3) is 0.667. The highest BCUT2D eigenvalue weighted by molar-refractivity contribution is 5.14. The van der Waals surface area contributed by atoms with Crippen molar-refractivity contribution in [2.45, 2.75) is 45.6 Å². The van der Waals surface area contributed by atoms with Crippen LogP contribution in [0.3, 0.4) is 0 Å². The van der Waals surface area contributed by atoms with E-state index in [9.17, 15) is 0 Å². The highest BCUT2D eigenvalue weighted by Crippen LogP contribution is 2.17. The molecule has 1 aliphatic rings. The van der Waals surface area contributed by atoms with Crippen molar-refractivity contribution in [3.05, 3.63) is 35.9 Å². The smallest absolute Gasteiger partial charge is 0.0243 e. The quantitative estimate of drug-likeness (QED) is 0.732. The van der Waals surface area contributed by atoms with Gasteiger partial charge in [0.15, 0.2) is 0 Å². The third-order valence-corrected chi connectivity index (χ3v) is 4.39. The zero-order valence-electron chi connectivity index (χ0n) is 13.1. The first-order valence-electron chi connectivity index (χ1n) is 8.26. The molecule has 1 unspecified atom stereocenters. The second-order valence-corrected chi connectivity index (χ2v) is 6.35. The van der Waals surface area contributed by atoms with E-state index in [1.54, 1.807) is 0 Å². The molecule has 0 radical (unpaired) electrons. The van der Waals surface area contributed by atoms with Crippen LogP contribution < -0.4 is 5.32 Å². The van der Waals surface area contributed by atoms with E-state index in [-0.39, 0.29) is 0 Å². The highest BCUT2D eigenvalue weighted by Gasteiger charge is 2.23. The summed E-state index contributed by atoms with van der Waals surface area (Å²) in [6.07, 6.45) is 5.19. The Morgan fingerprint density at radius 3 is 2.45 bits per heavy atom. The van der Waals surface area contributed by atoms with E-state index in [1.807, 2.05) is 0 Å². The fourth-order valence-corrected chi connectivity index (χ4v) is 3.17. The zero-order valence-corrected chi connectivity index (χ0v) is 13.1. The SMILES string of the molecule is CC(C)C(CNCCCc1ccccc1)N1CCCC1. The normalized spacial score (nSPS) is 17.8. The van der Waals surface area contributed by atoms with E-state index in [2.05, 4.69) is 54.4 Å². The molecule has 1 heterocycles. The highest BCUT2D eigenvalue weighted by atomic mass is 15.2. The van der Waals surface area contributed by atoms with E-state index >= 15 is 0 Å². The van der Waals surface area contributed by atoms with Gasteiger partial charge in [-0.25, -0.2) is 0 Å². The minimum absolute atomic E-state index is 0.717. The summed E-state index contributed by atoms with van der Waals surface area (Å²) in [5, 5.41) is 3.67. The maximum absolute atomic E-state index is 3.67. The summed E-state index contributed by atoms with van der Waals surface area (Å²) in [4.78, 5) is 2.68.